The highest BCUT2D eigenvalue weighted by molar-refractivity contribution is 7.91. The summed E-state index contributed by atoms with van der Waals surface area (Å²) in [6.07, 6.45) is 1.20. The third-order valence-corrected chi connectivity index (χ3v) is 7.25. The van der Waals surface area contributed by atoms with Gasteiger partial charge in [0.05, 0.1) is 9.26 Å². The summed E-state index contributed by atoms with van der Waals surface area (Å²) in [4.78, 5) is 16.1. The topological polar surface area (TPSA) is 96.6 Å². The molecule has 3 heterocycles. The molecule has 0 saturated carbocycles. The highest BCUT2D eigenvalue weighted by Gasteiger charge is 2.30. The molecule has 0 aromatic carbocycles. The number of sulfonamides is 1. The van der Waals surface area contributed by atoms with E-state index in [1.165, 1.54) is 22.6 Å². The van der Waals surface area contributed by atoms with Crippen LogP contribution in [0, 0.1) is 10.1 Å². The number of anilines is 1. The molecule has 0 radical (unpaired) electrons. The number of nitro groups is 1. The first-order valence-electron chi connectivity index (χ1n) is 6.99. The van der Waals surface area contributed by atoms with Crippen molar-refractivity contribution in [3.63, 3.8) is 0 Å². The molecule has 8 nitrogen and oxygen atoms in total. The van der Waals surface area contributed by atoms with E-state index >= 15 is 0 Å². The normalized spacial score (nSPS) is 16.3. The van der Waals surface area contributed by atoms with Gasteiger partial charge in [-0.05, 0) is 18.2 Å². The maximum Gasteiger partial charge on any atom is 0.287 e. The van der Waals surface area contributed by atoms with E-state index < -0.39 is 14.9 Å². The standard InChI is InChI=1S/C13H13ClN4O4S2/c14-11-2-4-13(23-11)24(21,22)17-7-5-16(6-8-17)12-3-1-10(9-15-12)18(19)20/h1-4,9H,5-8H2. The van der Waals surface area contributed by atoms with Crippen molar-refractivity contribution in [2.75, 3.05) is 31.1 Å². The lowest BCUT2D eigenvalue weighted by molar-refractivity contribution is -0.385. The van der Waals surface area contributed by atoms with Crippen LogP contribution in [0.4, 0.5) is 11.5 Å². The fraction of sp³-hybridized carbons (Fsp3) is 0.308. The number of nitrogens with zero attached hydrogens (tertiary/aromatic N) is 4. The Morgan fingerprint density at radius 2 is 1.88 bits per heavy atom. The summed E-state index contributed by atoms with van der Waals surface area (Å²) in [5, 5.41) is 10.6. The van der Waals surface area contributed by atoms with E-state index in [1.807, 2.05) is 4.90 Å². The van der Waals surface area contributed by atoms with Crippen molar-refractivity contribution in [3.8, 4) is 0 Å². The number of halogens is 1. The highest BCUT2D eigenvalue weighted by atomic mass is 35.5. The molecule has 3 rings (SSSR count). The Hall–Kier alpha value is -1.75. The van der Waals surface area contributed by atoms with Crippen molar-refractivity contribution in [3.05, 3.63) is 44.9 Å². The van der Waals surface area contributed by atoms with Gasteiger partial charge in [0.15, 0.2) is 0 Å². The van der Waals surface area contributed by atoms with Crippen LogP contribution in [-0.4, -0.2) is 48.8 Å². The minimum Gasteiger partial charge on any atom is -0.354 e. The predicted molar refractivity (Wildman–Crippen MR) is 91.2 cm³/mol. The summed E-state index contributed by atoms with van der Waals surface area (Å²) in [6, 6.07) is 6.03. The molecule has 24 heavy (non-hydrogen) atoms. The van der Waals surface area contributed by atoms with Crippen LogP contribution in [0.3, 0.4) is 0 Å². The van der Waals surface area contributed by atoms with E-state index in [2.05, 4.69) is 4.98 Å². The minimum absolute atomic E-state index is 0.0745. The smallest absolute Gasteiger partial charge is 0.287 e. The zero-order valence-corrected chi connectivity index (χ0v) is 14.7. The van der Waals surface area contributed by atoms with Crippen molar-refractivity contribution >= 4 is 44.5 Å². The van der Waals surface area contributed by atoms with Crippen LogP contribution >= 0.6 is 22.9 Å². The summed E-state index contributed by atoms with van der Waals surface area (Å²) in [7, 11) is -3.53. The number of hydrogen-bond acceptors (Lipinski definition) is 7. The second-order valence-corrected chi connectivity index (χ2v) is 8.96. The zero-order valence-electron chi connectivity index (χ0n) is 12.3. The molecule has 0 N–H and O–H groups in total. The van der Waals surface area contributed by atoms with Crippen LogP contribution in [0.25, 0.3) is 0 Å². The first-order chi connectivity index (χ1) is 11.4. The van der Waals surface area contributed by atoms with Crippen molar-refractivity contribution in [1.82, 2.24) is 9.29 Å². The maximum absolute atomic E-state index is 12.5. The van der Waals surface area contributed by atoms with E-state index in [9.17, 15) is 18.5 Å². The average molecular weight is 389 g/mol. The van der Waals surface area contributed by atoms with Crippen molar-refractivity contribution in [2.45, 2.75) is 4.21 Å². The Kier molecular flexibility index (Phi) is 4.72. The molecule has 1 saturated heterocycles. The lowest BCUT2D eigenvalue weighted by atomic mass is 10.3. The largest absolute Gasteiger partial charge is 0.354 e. The molecular formula is C13H13ClN4O4S2. The molecule has 1 aliphatic rings. The van der Waals surface area contributed by atoms with Crippen LogP contribution in [0.1, 0.15) is 0 Å². The second-order valence-electron chi connectivity index (χ2n) is 5.08. The molecule has 1 aliphatic heterocycles. The Bertz CT molecular complexity index is 845. The van der Waals surface area contributed by atoms with Gasteiger partial charge in [-0.2, -0.15) is 4.31 Å². The van der Waals surface area contributed by atoms with Gasteiger partial charge in [0.25, 0.3) is 15.7 Å². The van der Waals surface area contributed by atoms with Crippen molar-refractivity contribution in [2.24, 2.45) is 0 Å². The molecule has 0 spiro atoms. The fourth-order valence-corrected chi connectivity index (χ4v) is 5.45. The van der Waals surface area contributed by atoms with Crippen molar-refractivity contribution in [1.29, 1.82) is 0 Å². The molecule has 0 unspecified atom stereocenters. The number of aromatic nitrogens is 1. The number of thiophene rings is 1. The molecular weight excluding hydrogens is 376 g/mol. The third-order valence-electron chi connectivity index (χ3n) is 3.65. The summed E-state index contributed by atoms with van der Waals surface area (Å²) >= 11 is 6.85. The number of pyridine rings is 1. The van der Waals surface area contributed by atoms with Crippen LogP contribution in [0.15, 0.2) is 34.7 Å². The molecule has 128 valence electrons. The van der Waals surface area contributed by atoms with Gasteiger partial charge in [-0.25, -0.2) is 13.4 Å². The molecule has 0 bridgehead atoms. The van der Waals surface area contributed by atoms with E-state index in [-0.39, 0.29) is 9.90 Å². The summed E-state index contributed by atoms with van der Waals surface area (Å²) in [5.74, 6) is 0.594. The summed E-state index contributed by atoms with van der Waals surface area (Å²) < 4.78 is 27.1. The quantitative estimate of drug-likeness (QED) is 0.588. The molecule has 0 amide bonds. The van der Waals surface area contributed by atoms with Gasteiger partial charge in [-0.3, -0.25) is 10.1 Å². The van der Waals surface area contributed by atoms with Crippen LogP contribution < -0.4 is 4.90 Å². The monoisotopic (exact) mass is 388 g/mol. The van der Waals surface area contributed by atoms with E-state index in [0.29, 0.717) is 36.3 Å². The lowest BCUT2D eigenvalue weighted by Gasteiger charge is -2.34. The Labute approximate surface area is 147 Å². The van der Waals surface area contributed by atoms with Gasteiger partial charge in [-0.15, -0.1) is 11.3 Å². The zero-order chi connectivity index (χ0) is 17.3. The van der Waals surface area contributed by atoms with Gasteiger partial charge < -0.3 is 4.90 Å². The third kappa shape index (κ3) is 3.36. The number of rotatable bonds is 4. The number of hydrogen-bond donors (Lipinski definition) is 0. The van der Waals surface area contributed by atoms with Gasteiger partial charge in [0, 0.05) is 32.2 Å². The Balaban J connectivity index is 1.68. The van der Waals surface area contributed by atoms with E-state index in [1.54, 1.807) is 12.1 Å². The van der Waals surface area contributed by atoms with Crippen LogP contribution in [-0.2, 0) is 10.0 Å². The first-order valence-corrected chi connectivity index (χ1v) is 9.62. The van der Waals surface area contributed by atoms with E-state index in [4.69, 9.17) is 11.6 Å². The minimum atomic E-state index is -3.53. The first kappa shape index (κ1) is 17.1. The van der Waals surface area contributed by atoms with Crippen molar-refractivity contribution < 1.29 is 13.3 Å². The van der Waals surface area contributed by atoms with Gasteiger partial charge in [0.1, 0.15) is 16.2 Å². The second kappa shape index (κ2) is 6.63. The average Bonchev–Trinajstić information content (AvgIpc) is 3.02. The predicted octanol–water partition coefficient (Wildman–Crippen LogP) is 2.22. The Morgan fingerprint density at radius 1 is 1.17 bits per heavy atom. The lowest BCUT2D eigenvalue weighted by Crippen LogP contribution is -2.48. The fourth-order valence-electron chi connectivity index (χ4n) is 2.39. The Morgan fingerprint density at radius 3 is 2.38 bits per heavy atom. The molecule has 0 aliphatic carbocycles. The highest BCUT2D eigenvalue weighted by Crippen LogP contribution is 2.29. The van der Waals surface area contributed by atoms with Gasteiger partial charge in [0.2, 0.25) is 0 Å². The van der Waals surface area contributed by atoms with Gasteiger partial charge >= 0.3 is 0 Å². The number of piperazine rings is 1. The molecule has 2 aromatic rings. The van der Waals surface area contributed by atoms with Gasteiger partial charge in [-0.1, -0.05) is 11.6 Å². The molecule has 1 fully saturated rings. The van der Waals surface area contributed by atoms with Crippen LogP contribution in [0.5, 0.6) is 0 Å². The molecule has 0 atom stereocenters. The molecule has 2 aromatic heterocycles. The summed E-state index contributed by atoms with van der Waals surface area (Å²) in [5.41, 5.74) is -0.0745. The maximum atomic E-state index is 12.5. The SMILES string of the molecule is O=[N+]([O-])c1ccc(N2CCN(S(=O)(=O)c3ccc(Cl)s3)CC2)nc1. The van der Waals surface area contributed by atoms with E-state index in [0.717, 1.165) is 11.3 Å². The summed E-state index contributed by atoms with van der Waals surface area (Å²) in [6.45, 7) is 1.55. The van der Waals surface area contributed by atoms with Crippen LogP contribution in [0.2, 0.25) is 4.34 Å². The molecule has 11 heteroatoms.